The molecular formula is C20H22N4O2. The fourth-order valence-electron chi connectivity index (χ4n) is 3.16. The van der Waals surface area contributed by atoms with Gasteiger partial charge >= 0.3 is 0 Å². The van der Waals surface area contributed by atoms with Crippen LogP contribution in [0.25, 0.3) is 5.69 Å². The number of ether oxygens (including phenoxy) is 2. The largest absolute Gasteiger partial charge is 0.497 e. The Kier molecular flexibility index (Phi) is 4.58. The van der Waals surface area contributed by atoms with E-state index in [9.17, 15) is 0 Å². The Morgan fingerprint density at radius 2 is 1.81 bits per heavy atom. The molecule has 0 unspecified atom stereocenters. The number of methoxy groups -OCH3 is 2. The number of aromatic nitrogens is 3. The van der Waals surface area contributed by atoms with Crippen LogP contribution >= 0.6 is 0 Å². The predicted octanol–water partition coefficient (Wildman–Crippen LogP) is 2.93. The van der Waals surface area contributed by atoms with E-state index in [1.807, 2.05) is 24.4 Å². The standard InChI is InChI=1S/C20H22N4O2/c1-25-17-8-16(9-18(10-17)26-2)24-13-15(22-23-24)12-21-20-11-19(20)14-6-4-3-5-7-14/h3-10,13,19-21H,11-12H2,1-2H3/t19-,20+/m0/s1. The molecule has 1 N–H and O–H groups in total. The number of benzene rings is 2. The van der Waals surface area contributed by atoms with Crippen molar-refractivity contribution in [3.8, 4) is 17.2 Å². The van der Waals surface area contributed by atoms with Gasteiger partial charge in [0.1, 0.15) is 11.5 Å². The van der Waals surface area contributed by atoms with Crippen LogP contribution in [-0.4, -0.2) is 35.3 Å². The zero-order chi connectivity index (χ0) is 17.9. The van der Waals surface area contributed by atoms with E-state index in [1.165, 1.54) is 12.0 Å². The summed E-state index contributed by atoms with van der Waals surface area (Å²) >= 11 is 0. The van der Waals surface area contributed by atoms with Gasteiger partial charge in [0.2, 0.25) is 0 Å². The highest BCUT2D eigenvalue weighted by Crippen LogP contribution is 2.40. The Labute approximate surface area is 152 Å². The lowest BCUT2D eigenvalue weighted by Crippen LogP contribution is -2.17. The van der Waals surface area contributed by atoms with E-state index in [0.717, 1.165) is 22.9 Å². The summed E-state index contributed by atoms with van der Waals surface area (Å²) in [5.41, 5.74) is 3.16. The molecule has 0 spiro atoms. The highest BCUT2D eigenvalue weighted by molar-refractivity contribution is 5.46. The lowest BCUT2D eigenvalue weighted by atomic mass is 10.1. The first-order valence-corrected chi connectivity index (χ1v) is 8.70. The van der Waals surface area contributed by atoms with Crippen molar-refractivity contribution in [2.75, 3.05) is 14.2 Å². The molecule has 1 fully saturated rings. The summed E-state index contributed by atoms with van der Waals surface area (Å²) in [5.74, 6) is 2.05. The minimum atomic E-state index is 0.513. The van der Waals surface area contributed by atoms with Crippen molar-refractivity contribution < 1.29 is 9.47 Å². The van der Waals surface area contributed by atoms with Crippen molar-refractivity contribution in [2.45, 2.75) is 24.9 Å². The number of rotatable bonds is 7. The van der Waals surface area contributed by atoms with Crippen LogP contribution in [0.15, 0.2) is 54.7 Å². The molecule has 6 nitrogen and oxygen atoms in total. The third-order valence-electron chi connectivity index (χ3n) is 4.71. The Morgan fingerprint density at radius 1 is 1.08 bits per heavy atom. The smallest absolute Gasteiger partial charge is 0.124 e. The maximum absolute atomic E-state index is 5.31. The fourth-order valence-corrected chi connectivity index (χ4v) is 3.16. The summed E-state index contributed by atoms with van der Waals surface area (Å²) in [6.07, 6.45) is 3.10. The predicted molar refractivity (Wildman–Crippen MR) is 98.9 cm³/mol. The van der Waals surface area contributed by atoms with Crippen LogP contribution in [0.4, 0.5) is 0 Å². The first kappa shape index (κ1) is 16.6. The van der Waals surface area contributed by atoms with Crippen molar-refractivity contribution in [1.29, 1.82) is 0 Å². The molecule has 0 radical (unpaired) electrons. The monoisotopic (exact) mass is 350 g/mol. The van der Waals surface area contributed by atoms with Gasteiger partial charge in [-0.1, -0.05) is 35.5 Å². The van der Waals surface area contributed by atoms with E-state index >= 15 is 0 Å². The van der Waals surface area contributed by atoms with E-state index in [0.29, 0.717) is 18.5 Å². The first-order valence-electron chi connectivity index (χ1n) is 8.70. The number of hydrogen-bond donors (Lipinski definition) is 1. The molecule has 26 heavy (non-hydrogen) atoms. The van der Waals surface area contributed by atoms with Gasteiger partial charge in [0.05, 0.1) is 31.8 Å². The molecule has 0 amide bonds. The SMILES string of the molecule is COc1cc(OC)cc(-n2cc(CN[C@@H]3C[C@H]3c3ccccc3)nn2)c1. The van der Waals surface area contributed by atoms with E-state index in [1.54, 1.807) is 18.9 Å². The van der Waals surface area contributed by atoms with Crippen molar-refractivity contribution in [3.63, 3.8) is 0 Å². The molecule has 1 heterocycles. The van der Waals surface area contributed by atoms with Crippen LogP contribution in [0.1, 0.15) is 23.6 Å². The zero-order valence-electron chi connectivity index (χ0n) is 14.9. The molecule has 0 saturated heterocycles. The molecule has 1 saturated carbocycles. The maximum Gasteiger partial charge on any atom is 0.124 e. The van der Waals surface area contributed by atoms with Crippen LogP contribution in [0.3, 0.4) is 0 Å². The lowest BCUT2D eigenvalue weighted by Gasteiger charge is -2.07. The van der Waals surface area contributed by atoms with Crippen LogP contribution < -0.4 is 14.8 Å². The van der Waals surface area contributed by atoms with Crippen molar-refractivity contribution in [3.05, 3.63) is 66.0 Å². The summed E-state index contributed by atoms with van der Waals surface area (Å²) in [4.78, 5) is 0. The number of hydrogen-bond acceptors (Lipinski definition) is 5. The van der Waals surface area contributed by atoms with Gasteiger partial charge in [0.25, 0.3) is 0 Å². The molecule has 4 rings (SSSR count). The molecule has 0 aliphatic heterocycles. The van der Waals surface area contributed by atoms with E-state index in [2.05, 4.69) is 46.0 Å². The highest BCUT2D eigenvalue weighted by Gasteiger charge is 2.37. The van der Waals surface area contributed by atoms with Crippen LogP contribution in [-0.2, 0) is 6.54 Å². The topological polar surface area (TPSA) is 61.2 Å². The maximum atomic E-state index is 5.31. The van der Waals surface area contributed by atoms with Gasteiger partial charge in [-0.05, 0) is 12.0 Å². The quantitative estimate of drug-likeness (QED) is 0.710. The molecule has 1 aliphatic rings. The Hall–Kier alpha value is -2.86. The van der Waals surface area contributed by atoms with Gasteiger partial charge in [-0.2, -0.15) is 0 Å². The first-order chi connectivity index (χ1) is 12.8. The van der Waals surface area contributed by atoms with Gasteiger partial charge in [-0.3, -0.25) is 0 Å². The molecule has 6 heteroatoms. The Morgan fingerprint density at radius 3 is 2.50 bits per heavy atom. The van der Waals surface area contributed by atoms with Crippen LogP contribution in [0.2, 0.25) is 0 Å². The molecule has 134 valence electrons. The van der Waals surface area contributed by atoms with E-state index in [4.69, 9.17) is 9.47 Å². The Bertz CT molecular complexity index is 856. The van der Waals surface area contributed by atoms with Crippen molar-refractivity contribution >= 4 is 0 Å². The van der Waals surface area contributed by atoms with Crippen molar-refractivity contribution in [2.24, 2.45) is 0 Å². The highest BCUT2D eigenvalue weighted by atomic mass is 16.5. The van der Waals surface area contributed by atoms with Gasteiger partial charge in [0.15, 0.2) is 0 Å². The van der Waals surface area contributed by atoms with Crippen molar-refractivity contribution in [1.82, 2.24) is 20.3 Å². The fraction of sp³-hybridized carbons (Fsp3) is 0.300. The summed E-state index contributed by atoms with van der Waals surface area (Å²) in [6, 6.07) is 16.8. The molecule has 2 atom stereocenters. The Balaban J connectivity index is 1.40. The van der Waals surface area contributed by atoms with E-state index < -0.39 is 0 Å². The second-order valence-electron chi connectivity index (χ2n) is 6.47. The summed E-state index contributed by atoms with van der Waals surface area (Å²) < 4.78 is 12.4. The molecule has 3 aromatic rings. The average molecular weight is 350 g/mol. The molecule has 0 bridgehead atoms. The van der Waals surface area contributed by atoms with Gasteiger partial charge < -0.3 is 14.8 Å². The number of nitrogens with zero attached hydrogens (tertiary/aromatic N) is 3. The average Bonchev–Trinajstić information content (AvgIpc) is 3.33. The number of nitrogens with one attached hydrogen (secondary N) is 1. The minimum Gasteiger partial charge on any atom is -0.497 e. The molecular weight excluding hydrogens is 328 g/mol. The summed E-state index contributed by atoms with van der Waals surface area (Å²) in [7, 11) is 3.27. The molecule has 1 aliphatic carbocycles. The lowest BCUT2D eigenvalue weighted by molar-refractivity contribution is 0.394. The minimum absolute atomic E-state index is 0.513. The van der Waals surface area contributed by atoms with Crippen LogP contribution in [0.5, 0.6) is 11.5 Å². The molecule has 1 aromatic heterocycles. The second kappa shape index (κ2) is 7.17. The third-order valence-corrected chi connectivity index (χ3v) is 4.71. The zero-order valence-corrected chi connectivity index (χ0v) is 14.9. The van der Waals surface area contributed by atoms with E-state index in [-0.39, 0.29) is 0 Å². The normalized spacial score (nSPS) is 18.5. The van der Waals surface area contributed by atoms with Gasteiger partial charge in [-0.25, -0.2) is 4.68 Å². The third kappa shape index (κ3) is 3.55. The molecule has 2 aromatic carbocycles. The summed E-state index contributed by atoms with van der Waals surface area (Å²) in [5, 5.41) is 12.1. The van der Waals surface area contributed by atoms with Gasteiger partial charge in [-0.15, -0.1) is 5.10 Å². The summed E-state index contributed by atoms with van der Waals surface area (Å²) in [6.45, 7) is 0.703. The second-order valence-corrected chi connectivity index (χ2v) is 6.47. The van der Waals surface area contributed by atoms with Crippen LogP contribution in [0, 0.1) is 0 Å². The van der Waals surface area contributed by atoms with Gasteiger partial charge in [0, 0.05) is 36.7 Å².